The maximum Gasteiger partial charge on any atom is 0.254 e. The first-order valence-electron chi connectivity index (χ1n) is 9.31. The first kappa shape index (κ1) is 18.4. The molecule has 1 N–H and O–H groups in total. The summed E-state index contributed by atoms with van der Waals surface area (Å²) < 4.78 is 0. The Labute approximate surface area is 168 Å². The third kappa shape index (κ3) is 3.82. The van der Waals surface area contributed by atoms with Crippen LogP contribution in [0, 0.1) is 6.92 Å². The maximum atomic E-state index is 12.8. The van der Waals surface area contributed by atoms with Gasteiger partial charge >= 0.3 is 0 Å². The van der Waals surface area contributed by atoms with Gasteiger partial charge in [-0.15, -0.1) is 11.3 Å². The predicted molar refractivity (Wildman–Crippen MR) is 111 cm³/mol. The molecule has 1 saturated heterocycles. The Bertz CT molecular complexity index is 983. The summed E-state index contributed by atoms with van der Waals surface area (Å²) in [7, 11) is 0. The summed E-state index contributed by atoms with van der Waals surface area (Å²) in [6.45, 7) is 2.58. The lowest BCUT2D eigenvalue weighted by atomic mass is 10.1. The van der Waals surface area contributed by atoms with E-state index < -0.39 is 6.04 Å². The SMILES string of the molecule is Cc1nc(-c2ccc(NC(=O)[C@@H]3CCCN3C(=O)c3ccccc3)cc2)cs1. The molecule has 4 rings (SSSR count). The molecule has 3 aromatic rings. The molecule has 1 aromatic heterocycles. The normalized spacial score (nSPS) is 16.2. The molecule has 1 atom stereocenters. The Morgan fingerprint density at radius 3 is 2.54 bits per heavy atom. The molecule has 6 heteroatoms. The van der Waals surface area contributed by atoms with Gasteiger partial charge in [-0.2, -0.15) is 0 Å². The fourth-order valence-electron chi connectivity index (χ4n) is 3.47. The van der Waals surface area contributed by atoms with Crippen molar-refractivity contribution in [3.63, 3.8) is 0 Å². The first-order valence-corrected chi connectivity index (χ1v) is 10.2. The summed E-state index contributed by atoms with van der Waals surface area (Å²) in [6.07, 6.45) is 1.51. The van der Waals surface area contributed by atoms with E-state index in [-0.39, 0.29) is 11.8 Å². The van der Waals surface area contributed by atoms with Crippen molar-refractivity contribution < 1.29 is 9.59 Å². The van der Waals surface area contributed by atoms with Crippen LogP contribution in [0.25, 0.3) is 11.3 Å². The lowest BCUT2D eigenvalue weighted by molar-refractivity contribution is -0.119. The van der Waals surface area contributed by atoms with E-state index >= 15 is 0 Å². The molecule has 0 saturated carbocycles. The van der Waals surface area contributed by atoms with Crippen molar-refractivity contribution >= 4 is 28.8 Å². The molecule has 0 aliphatic carbocycles. The highest BCUT2D eigenvalue weighted by Gasteiger charge is 2.34. The summed E-state index contributed by atoms with van der Waals surface area (Å²) in [5.74, 6) is -0.230. The number of benzene rings is 2. The highest BCUT2D eigenvalue weighted by Crippen LogP contribution is 2.25. The van der Waals surface area contributed by atoms with Gasteiger partial charge in [0.15, 0.2) is 0 Å². The van der Waals surface area contributed by atoms with Crippen molar-refractivity contribution in [3.05, 3.63) is 70.5 Å². The van der Waals surface area contributed by atoms with Crippen LogP contribution in [0.5, 0.6) is 0 Å². The molecule has 28 heavy (non-hydrogen) atoms. The van der Waals surface area contributed by atoms with Gasteiger partial charge in [-0.05, 0) is 44.0 Å². The minimum atomic E-state index is -0.437. The molecule has 0 unspecified atom stereocenters. The van der Waals surface area contributed by atoms with Crippen LogP contribution in [0.4, 0.5) is 5.69 Å². The highest BCUT2D eigenvalue weighted by molar-refractivity contribution is 7.09. The number of thiazole rings is 1. The molecular weight excluding hydrogens is 370 g/mol. The number of hydrogen-bond acceptors (Lipinski definition) is 4. The average Bonchev–Trinajstić information content (AvgIpc) is 3.38. The maximum absolute atomic E-state index is 12.8. The molecule has 0 spiro atoms. The fourth-order valence-corrected chi connectivity index (χ4v) is 4.10. The van der Waals surface area contributed by atoms with Crippen LogP contribution >= 0.6 is 11.3 Å². The van der Waals surface area contributed by atoms with Gasteiger partial charge in [-0.1, -0.05) is 30.3 Å². The fraction of sp³-hybridized carbons (Fsp3) is 0.227. The van der Waals surface area contributed by atoms with Crippen molar-refractivity contribution in [1.29, 1.82) is 0 Å². The average molecular weight is 391 g/mol. The predicted octanol–water partition coefficient (Wildman–Crippen LogP) is 4.36. The number of aromatic nitrogens is 1. The van der Waals surface area contributed by atoms with Gasteiger partial charge in [0.1, 0.15) is 6.04 Å². The summed E-state index contributed by atoms with van der Waals surface area (Å²) in [5.41, 5.74) is 3.30. The minimum Gasteiger partial charge on any atom is -0.327 e. The largest absolute Gasteiger partial charge is 0.327 e. The van der Waals surface area contributed by atoms with E-state index in [1.165, 1.54) is 0 Å². The Morgan fingerprint density at radius 2 is 1.86 bits per heavy atom. The van der Waals surface area contributed by atoms with Gasteiger partial charge < -0.3 is 10.2 Å². The number of carbonyl (C=O) groups excluding carboxylic acids is 2. The van der Waals surface area contributed by atoms with Crippen molar-refractivity contribution in [2.75, 3.05) is 11.9 Å². The lowest BCUT2D eigenvalue weighted by Gasteiger charge is -2.24. The van der Waals surface area contributed by atoms with E-state index in [4.69, 9.17) is 0 Å². The zero-order valence-electron chi connectivity index (χ0n) is 15.6. The van der Waals surface area contributed by atoms with E-state index in [1.807, 2.05) is 54.8 Å². The molecule has 142 valence electrons. The topological polar surface area (TPSA) is 62.3 Å². The third-order valence-electron chi connectivity index (χ3n) is 4.90. The molecule has 2 heterocycles. The molecule has 0 radical (unpaired) electrons. The van der Waals surface area contributed by atoms with Crippen LogP contribution < -0.4 is 5.32 Å². The molecule has 1 aliphatic rings. The molecule has 1 fully saturated rings. The Balaban J connectivity index is 1.44. The second kappa shape index (κ2) is 7.94. The van der Waals surface area contributed by atoms with E-state index in [1.54, 1.807) is 28.4 Å². The third-order valence-corrected chi connectivity index (χ3v) is 5.68. The molecule has 0 bridgehead atoms. The van der Waals surface area contributed by atoms with Crippen LogP contribution in [-0.2, 0) is 4.79 Å². The summed E-state index contributed by atoms with van der Waals surface area (Å²) in [6, 6.07) is 16.3. The zero-order chi connectivity index (χ0) is 19.5. The van der Waals surface area contributed by atoms with Gasteiger partial charge in [0.25, 0.3) is 5.91 Å². The van der Waals surface area contributed by atoms with Gasteiger partial charge in [0.2, 0.25) is 5.91 Å². The minimum absolute atomic E-state index is 0.0903. The van der Waals surface area contributed by atoms with Crippen LogP contribution in [-0.4, -0.2) is 34.3 Å². The van der Waals surface area contributed by atoms with E-state index in [2.05, 4.69) is 10.3 Å². The van der Waals surface area contributed by atoms with Gasteiger partial charge in [0, 0.05) is 28.7 Å². The number of hydrogen-bond donors (Lipinski definition) is 1. The van der Waals surface area contributed by atoms with E-state index in [0.29, 0.717) is 18.5 Å². The monoisotopic (exact) mass is 391 g/mol. The number of aryl methyl sites for hydroxylation is 1. The molecule has 2 aromatic carbocycles. The van der Waals surface area contributed by atoms with Crippen LogP contribution in [0.1, 0.15) is 28.2 Å². The quantitative estimate of drug-likeness (QED) is 0.719. The van der Waals surface area contributed by atoms with Crippen molar-refractivity contribution in [3.8, 4) is 11.3 Å². The van der Waals surface area contributed by atoms with E-state index in [9.17, 15) is 9.59 Å². The number of nitrogens with one attached hydrogen (secondary N) is 1. The summed E-state index contributed by atoms with van der Waals surface area (Å²) >= 11 is 1.61. The first-order chi connectivity index (χ1) is 13.6. The van der Waals surface area contributed by atoms with Gasteiger partial charge in [-0.3, -0.25) is 9.59 Å². The smallest absolute Gasteiger partial charge is 0.254 e. The molecular formula is C22H21N3O2S. The van der Waals surface area contributed by atoms with Crippen LogP contribution in [0.2, 0.25) is 0 Å². The number of likely N-dealkylation sites (tertiary alicyclic amines) is 1. The van der Waals surface area contributed by atoms with Gasteiger partial charge in [0.05, 0.1) is 10.7 Å². The number of nitrogens with zero attached hydrogens (tertiary/aromatic N) is 2. The number of rotatable bonds is 4. The van der Waals surface area contributed by atoms with Crippen molar-refractivity contribution in [2.24, 2.45) is 0 Å². The van der Waals surface area contributed by atoms with Crippen molar-refractivity contribution in [2.45, 2.75) is 25.8 Å². The summed E-state index contributed by atoms with van der Waals surface area (Å²) in [4.78, 5) is 31.7. The number of amides is 2. The van der Waals surface area contributed by atoms with E-state index in [0.717, 1.165) is 28.4 Å². The highest BCUT2D eigenvalue weighted by atomic mass is 32.1. The Kier molecular flexibility index (Phi) is 5.21. The molecule has 1 aliphatic heterocycles. The van der Waals surface area contributed by atoms with Gasteiger partial charge in [-0.25, -0.2) is 4.98 Å². The molecule has 2 amide bonds. The summed E-state index contributed by atoms with van der Waals surface area (Å²) in [5, 5.41) is 6.00. The lowest BCUT2D eigenvalue weighted by Crippen LogP contribution is -2.43. The Hall–Kier alpha value is -2.99. The zero-order valence-corrected chi connectivity index (χ0v) is 16.4. The number of carbonyl (C=O) groups is 2. The van der Waals surface area contributed by atoms with Crippen molar-refractivity contribution in [1.82, 2.24) is 9.88 Å². The number of anilines is 1. The standard InChI is InChI=1S/C22H21N3O2S/c1-15-23-19(14-28-15)16-9-11-18(12-10-16)24-21(26)20-8-5-13-25(20)22(27)17-6-3-2-4-7-17/h2-4,6-7,9-12,14,20H,5,8,13H2,1H3,(H,24,26)/t20-/m0/s1. The second-order valence-electron chi connectivity index (χ2n) is 6.84. The molecule has 5 nitrogen and oxygen atoms in total. The Morgan fingerprint density at radius 1 is 1.11 bits per heavy atom. The van der Waals surface area contributed by atoms with Crippen LogP contribution in [0.3, 0.4) is 0 Å². The van der Waals surface area contributed by atoms with Crippen LogP contribution in [0.15, 0.2) is 60.0 Å². The second-order valence-corrected chi connectivity index (χ2v) is 7.90.